The Kier molecular flexibility index (Phi) is 6.91. The van der Waals surface area contributed by atoms with Gasteiger partial charge in [0.2, 0.25) is 15.9 Å². The van der Waals surface area contributed by atoms with Crippen molar-refractivity contribution in [3.8, 4) is 0 Å². The summed E-state index contributed by atoms with van der Waals surface area (Å²) in [6.07, 6.45) is 0.834. The number of carbonyl (C=O) groups is 2. The molecule has 0 aromatic heterocycles. The maximum Gasteiger partial charge on any atom is 0.307 e. The second-order valence-electron chi connectivity index (χ2n) is 8.97. The number of hydrogen-bond acceptors (Lipinski definition) is 4. The van der Waals surface area contributed by atoms with Gasteiger partial charge in [-0.25, -0.2) is 8.42 Å². The highest BCUT2D eigenvalue weighted by Gasteiger charge is 2.40. The average molecular weight is 449 g/mol. The molecular weight excluding hydrogens is 416 g/mol. The Bertz CT molecular complexity index is 974. The van der Waals surface area contributed by atoms with E-state index < -0.39 is 27.8 Å². The second-order valence-corrected chi connectivity index (χ2v) is 10.9. The first-order chi connectivity index (χ1) is 14.5. The second kappa shape index (κ2) is 9.12. The van der Waals surface area contributed by atoms with Gasteiger partial charge >= 0.3 is 5.97 Å². The van der Waals surface area contributed by atoms with E-state index in [9.17, 15) is 23.1 Å². The number of sulfonamides is 1. The molecule has 170 valence electrons. The van der Waals surface area contributed by atoms with Crippen LogP contribution in [-0.4, -0.2) is 60.8 Å². The highest BCUT2D eigenvalue weighted by Crippen LogP contribution is 2.35. The van der Waals surface area contributed by atoms with Crippen LogP contribution in [0.3, 0.4) is 0 Å². The summed E-state index contributed by atoms with van der Waals surface area (Å²) in [5.41, 5.74) is 3.19. The van der Waals surface area contributed by atoms with Gasteiger partial charge in [0.25, 0.3) is 0 Å². The van der Waals surface area contributed by atoms with Crippen molar-refractivity contribution in [3.05, 3.63) is 41.0 Å². The van der Waals surface area contributed by atoms with Gasteiger partial charge in [0.15, 0.2) is 0 Å². The third-order valence-corrected chi connectivity index (χ3v) is 8.55. The van der Waals surface area contributed by atoms with E-state index in [1.54, 1.807) is 17.0 Å². The Hall–Kier alpha value is -2.19. The quantitative estimate of drug-likeness (QED) is 0.699. The lowest BCUT2D eigenvalue weighted by Crippen LogP contribution is -2.53. The first-order valence-corrected chi connectivity index (χ1v) is 12.2. The SMILES string of the molecule is CC1=C(C)C[C@@H](C(=O)N2CCN(S(=O)(=O)c3ccc(C(C)C)cc3)CC2)[C@@H](C(=O)O)C1. The molecule has 1 aromatic carbocycles. The van der Waals surface area contributed by atoms with Gasteiger partial charge in [0.1, 0.15) is 0 Å². The molecule has 2 atom stereocenters. The van der Waals surface area contributed by atoms with E-state index in [-0.39, 0.29) is 37.0 Å². The third kappa shape index (κ3) is 4.85. The van der Waals surface area contributed by atoms with Crippen LogP contribution >= 0.6 is 0 Å². The van der Waals surface area contributed by atoms with Crippen molar-refractivity contribution in [1.29, 1.82) is 0 Å². The standard InChI is InChI=1S/C23H32N2O5S/c1-15(2)18-5-7-19(8-6-18)31(29,30)25-11-9-24(10-12-25)22(26)20-13-16(3)17(4)14-21(20)23(27)28/h5-8,15,20-21H,9-14H2,1-4H3,(H,27,28)/t20-,21+/m1/s1. The summed E-state index contributed by atoms with van der Waals surface area (Å²) >= 11 is 0. The fraction of sp³-hybridized carbons (Fsp3) is 0.565. The zero-order valence-electron chi connectivity index (χ0n) is 18.7. The Balaban J connectivity index is 1.68. The lowest BCUT2D eigenvalue weighted by atomic mass is 9.76. The number of aliphatic carboxylic acids is 1. The molecule has 31 heavy (non-hydrogen) atoms. The number of benzene rings is 1. The first-order valence-electron chi connectivity index (χ1n) is 10.8. The molecule has 1 amide bonds. The lowest BCUT2D eigenvalue weighted by molar-refractivity contribution is -0.151. The molecule has 0 unspecified atom stereocenters. The van der Waals surface area contributed by atoms with Crippen LogP contribution in [-0.2, 0) is 19.6 Å². The topological polar surface area (TPSA) is 95.0 Å². The Morgan fingerprint density at radius 1 is 0.935 bits per heavy atom. The van der Waals surface area contributed by atoms with Gasteiger partial charge in [-0.2, -0.15) is 4.31 Å². The molecule has 0 bridgehead atoms. The van der Waals surface area contributed by atoms with Gasteiger partial charge in [-0.15, -0.1) is 0 Å². The van der Waals surface area contributed by atoms with Crippen LogP contribution in [0.4, 0.5) is 0 Å². The summed E-state index contributed by atoms with van der Waals surface area (Å²) < 4.78 is 27.4. The maximum atomic E-state index is 13.1. The van der Waals surface area contributed by atoms with Crippen LogP contribution in [0, 0.1) is 11.8 Å². The van der Waals surface area contributed by atoms with Crippen molar-refractivity contribution in [1.82, 2.24) is 9.21 Å². The number of amides is 1. The molecule has 7 nitrogen and oxygen atoms in total. The third-order valence-electron chi connectivity index (χ3n) is 6.64. The normalized spacial score (nSPS) is 23.3. The maximum absolute atomic E-state index is 13.1. The molecule has 0 radical (unpaired) electrons. The monoisotopic (exact) mass is 448 g/mol. The minimum absolute atomic E-state index is 0.183. The van der Waals surface area contributed by atoms with E-state index in [2.05, 4.69) is 13.8 Å². The van der Waals surface area contributed by atoms with Gasteiger partial charge in [0, 0.05) is 26.2 Å². The Morgan fingerprint density at radius 2 is 1.45 bits per heavy atom. The predicted octanol–water partition coefficient (Wildman–Crippen LogP) is 3.09. The van der Waals surface area contributed by atoms with Gasteiger partial charge in [-0.1, -0.05) is 37.1 Å². The Labute approximate surface area is 184 Å². The van der Waals surface area contributed by atoms with Crippen LogP contribution in [0.25, 0.3) is 0 Å². The number of hydrogen-bond donors (Lipinski definition) is 1. The Morgan fingerprint density at radius 3 is 1.94 bits per heavy atom. The van der Waals surface area contributed by atoms with Crippen molar-refractivity contribution in [3.63, 3.8) is 0 Å². The zero-order valence-corrected chi connectivity index (χ0v) is 19.5. The van der Waals surface area contributed by atoms with Gasteiger partial charge in [-0.05, 0) is 50.3 Å². The smallest absolute Gasteiger partial charge is 0.307 e. The van der Waals surface area contributed by atoms with E-state index in [1.807, 2.05) is 26.0 Å². The summed E-state index contributed by atoms with van der Waals surface area (Å²) in [6.45, 7) is 8.93. The molecule has 1 aliphatic carbocycles. The largest absolute Gasteiger partial charge is 0.481 e. The van der Waals surface area contributed by atoms with Crippen molar-refractivity contribution in [2.45, 2.75) is 51.3 Å². The lowest BCUT2D eigenvalue weighted by Gasteiger charge is -2.38. The molecule has 1 fully saturated rings. The number of rotatable bonds is 5. The van der Waals surface area contributed by atoms with E-state index in [1.165, 1.54) is 4.31 Å². The summed E-state index contributed by atoms with van der Waals surface area (Å²) in [5, 5.41) is 9.61. The van der Waals surface area contributed by atoms with Crippen molar-refractivity contribution >= 4 is 21.9 Å². The molecule has 0 saturated carbocycles. The van der Waals surface area contributed by atoms with E-state index >= 15 is 0 Å². The molecule has 3 rings (SSSR count). The van der Waals surface area contributed by atoms with Crippen LogP contribution in [0.5, 0.6) is 0 Å². The summed E-state index contributed by atoms with van der Waals surface area (Å²) in [5.74, 6) is -2.12. The van der Waals surface area contributed by atoms with Crippen LogP contribution in [0.15, 0.2) is 40.3 Å². The fourth-order valence-electron chi connectivity index (χ4n) is 4.37. The number of carboxylic acids is 1. The van der Waals surface area contributed by atoms with Crippen LogP contribution < -0.4 is 0 Å². The summed E-state index contributed by atoms with van der Waals surface area (Å²) in [6, 6.07) is 6.95. The molecule has 8 heteroatoms. The average Bonchev–Trinajstić information content (AvgIpc) is 2.74. The first kappa shape index (κ1) is 23.5. The van der Waals surface area contributed by atoms with Gasteiger partial charge in [0.05, 0.1) is 16.7 Å². The molecule has 1 N–H and O–H groups in total. The number of nitrogens with zero attached hydrogens (tertiary/aromatic N) is 2. The molecule has 1 heterocycles. The molecule has 2 aliphatic rings. The van der Waals surface area contributed by atoms with E-state index in [0.717, 1.165) is 16.7 Å². The van der Waals surface area contributed by atoms with Gasteiger partial charge in [-0.3, -0.25) is 9.59 Å². The van der Waals surface area contributed by atoms with E-state index in [4.69, 9.17) is 0 Å². The molecule has 1 aliphatic heterocycles. The molecule has 1 aromatic rings. The van der Waals surface area contributed by atoms with E-state index in [0.29, 0.717) is 18.8 Å². The summed E-state index contributed by atoms with van der Waals surface area (Å²) in [4.78, 5) is 26.7. The highest BCUT2D eigenvalue weighted by atomic mass is 32.2. The molecule has 0 spiro atoms. The van der Waals surface area contributed by atoms with Crippen molar-refractivity contribution in [2.24, 2.45) is 11.8 Å². The molecular formula is C23H32N2O5S. The molecule has 1 saturated heterocycles. The predicted molar refractivity (Wildman–Crippen MR) is 118 cm³/mol. The minimum Gasteiger partial charge on any atom is -0.481 e. The van der Waals surface area contributed by atoms with Crippen molar-refractivity contribution in [2.75, 3.05) is 26.2 Å². The highest BCUT2D eigenvalue weighted by molar-refractivity contribution is 7.89. The van der Waals surface area contributed by atoms with Crippen molar-refractivity contribution < 1.29 is 23.1 Å². The van der Waals surface area contributed by atoms with Gasteiger partial charge < -0.3 is 10.0 Å². The summed E-state index contributed by atoms with van der Waals surface area (Å²) in [7, 11) is -3.62. The number of piperazine rings is 1. The number of allylic oxidation sites excluding steroid dienone is 2. The minimum atomic E-state index is -3.62. The fourth-order valence-corrected chi connectivity index (χ4v) is 5.79. The van der Waals surface area contributed by atoms with Crippen LogP contribution in [0.1, 0.15) is 52.0 Å². The number of carbonyl (C=O) groups excluding carboxylic acids is 1. The van der Waals surface area contributed by atoms with Crippen LogP contribution in [0.2, 0.25) is 0 Å². The zero-order chi connectivity index (χ0) is 22.9. The number of carboxylic acid groups (broad SMARTS) is 1.